The Morgan fingerprint density at radius 2 is 1.81 bits per heavy atom. The van der Waals surface area contributed by atoms with Crippen molar-refractivity contribution in [1.82, 2.24) is 14.5 Å². The number of anilines is 1. The Bertz CT molecular complexity index is 1700. The lowest BCUT2D eigenvalue weighted by atomic mass is 10.0. The van der Waals surface area contributed by atoms with Crippen molar-refractivity contribution in [2.75, 3.05) is 39.2 Å². The highest BCUT2D eigenvalue weighted by molar-refractivity contribution is 7.48. The van der Waals surface area contributed by atoms with Gasteiger partial charge in [-0.1, -0.05) is 30.3 Å². The summed E-state index contributed by atoms with van der Waals surface area (Å²) in [5, 5.41) is 13.2. The summed E-state index contributed by atoms with van der Waals surface area (Å²) in [6.07, 6.45) is 6.17. The quantitative estimate of drug-likeness (QED) is 0.128. The summed E-state index contributed by atoms with van der Waals surface area (Å²) in [5.41, 5.74) is 5.07. The van der Waals surface area contributed by atoms with Crippen molar-refractivity contribution in [1.29, 1.82) is 5.26 Å². The predicted molar refractivity (Wildman–Crippen MR) is 168 cm³/mol. The zero-order valence-electron chi connectivity index (χ0n) is 25.0. The molecule has 2 aromatic heterocycles. The van der Waals surface area contributed by atoms with Crippen LogP contribution in [0.3, 0.4) is 0 Å². The number of nitriles is 1. The molecule has 1 unspecified atom stereocenters. The van der Waals surface area contributed by atoms with Gasteiger partial charge in [-0.05, 0) is 76.3 Å². The Balaban J connectivity index is 1.75. The third-order valence-electron chi connectivity index (χ3n) is 6.42. The van der Waals surface area contributed by atoms with Gasteiger partial charge in [0.2, 0.25) is 5.91 Å². The molecule has 2 heterocycles. The van der Waals surface area contributed by atoms with Gasteiger partial charge in [0.05, 0.1) is 24.8 Å². The maximum absolute atomic E-state index is 13.2. The van der Waals surface area contributed by atoms with E-state index in [4.69, 9.17) is 18.6 Å². The summed E-state index contributed by atoms with van der Waals surface area (Å²) in [6.45, 7) is 6.17. The van der Waals surface area contributed by atoms with Gasteiger partial charge in [0, 0.05) is 47.2 Å². The summed E-state index contributed by atoms with van der Waals surface area (Å²) in [6, 6.07) is 19.0. The molecule has 1 atom stereocenters. The first-order valence-electron chi connectivity index (χ1n) is 14.0. The van der Waals surface area contributed by atoms with E-state index >= 15 is 0 Å². The van der Waals surface area contributed by atoms with Crippen molar-refractivity contribution in [3.63, 3.8) is 0 Å². The molecule has 10 nitrogen and oxygen atoms in total. The van der Waals surface area contributed by atoms with Crippen LogP contribution in [-0.2, 0) is 22.9 Å². The van der Waals surface area contributed by atoms with Crippen LogP contribution in [0.2, 0.25) is 0 Å². The van der Waals surface area contributed by atoms with E-state index in [9.17, 15) is 14.6 Å². The van der Waals surface area contributed by atoms with Gasteiger partial charge in [0.1, 0.15) is 11.9 Å². The maximum atomic E-state index is 13.2. The van der Waals surface area contributed by atoms with Gasteiger partial charge in [-0.3, -0.25) is 18.4 Å². The number of likely N-dealkylation sites (N-methyl/N-ethyl adjacent to an activating group) is 1. The SMILES string of the molecule is CCOP(=O)(OCC)OC(C)n1cc(-c2cccc(C#N)c2)c2cc(-c3cccc(NC(=O)/C=C/CN(C)C)c3)cnc21. The molecular weight excluding hydrogens is 565 g/mol. The molecule has 1 amide bonds. The number of nitrogens with zero attached hydrogens (tertiary/aromatic N) is 4. The lowest BCUT2D eigenvalue weighted by Crippen LogP contribution is -2.12. The summed E-state index contributed by atoms with van der Waals surface area (Å²) < 4.78 is 31.5. The van der Waals surface area contributed by atoms with Crippen molar-refractivity contribution >= 4 is 30.5 Å². The van der Waals surface area contributed by atoms with Crippen LogP contribution >= 0.6 is 7.82 Å². The highest BCUT2D eigenvalue weighted by Gasteiger charge is 2.30. The molecule has 4 rings (SSSR count). The maximum Gasteiger partial charge on any atom is 0.476 e. The molecule has 0 aliphatic rings. The van der Waals surface area contributed by atoms with Crippen LogP contribution in [0.15, 0.2) is 79.1 Å². The second-order valence-corrected chi connectivity index (χ2v) is 11.6. The number of phosphoric acid groups is 1. The number of carbonyl (C=O) groups excluding carboxylic acids is 1. The molecule has 0 aliphatic heterocycles. The van der Waals surface area contributed by atoms with Crippen LogP contribution < -0.4 is 5.32 Å². The Labute approximate surface area is 252 Å². The van der Waals surface area contributed by atoms with Crippen LogP contribution in [0.1, 0.15) is 32.6 Å². The van der Waals surface area contributed by atoms with E-state index in [1.54, 1.807) is 43.7 Å². The standard InChI is InChI=1S/C32H36N5O5P/c1-6-40-43(39,41-7-2)42-23(3)37-22-30(26-13-8-11-24(17-26)20-33)29-19-27(21-34-32(29)37)25-12-9-14-28(18-25)35-31(38)15-10-16-36(4)5/h8-15,17-19,21-23H,6-7,16H2,1-5H3,(H,35,38)/b15-10+. The number of carbonyl (C=O) groups is 1. The second-order valence-electron chi connectivity index (χ2n) is 9.96. The molecule has 0 bridgehead atoms. The number of nitrogens with one attached hydrogen (secondary N) is 1. The molecule has 0 saturated heterocycles. The number of amides is 1. The van der Waals surface area contributed by atoms with E-state index in [2.05, 4.69) is 11.4 Å². The third-order valence-corrected chi connectivity index (χ3v) is 8.14. The molecule has 4 aromatic rings. The van der Waals surface area contributed by atoms with Crippen LogP contribution in [0.25, 0.3) is 33.3 Å². The van der Waals surface area contributed by atoms with E-state index in [0.29, 0.717) is 23.4 Å². The third kappa shape index (κ3) is 8.05. The molecule has 0 spiro atoms. The predicted octanol–water partition coefficient (Wildman–Crippen LogP) is 7.01. The number of phosphoric ester groups is 1. The van der Waals surface area contributed by atoms with Crippen LogP contribution in [0, 0.1) is 11.3 Å². The lowest BCUT2D eigenvalue weighted by Gasteiger charge is -2.22. The Morgan fingerprint density at radius 3 is 2.51 bits per heavy atom. The summed E-state index contributed by atoms with van der Waals surface area (Å²) in [5.74, 6) is -0.213. The van der Waals surface area contributed by atoms with E-state index in [1.165, 1.54) is 6.08 Å². The van der Waals surface area contributed by atoms with Crippen LogP contribution in [-0.4, -0.2) is 54.2 Å². The monoisotopic (exact) mass is 601 g/mol. The topological polar surface area (TPSA) is 119 Å². The summed E-state index contributed by atoms with van der Waals surface area (Å²) >= 11 is 0. The van der Waals surface area contributed by atoms with Gasteiger partial charge in [-0.25, -0.2) is 9.55 Å². The minimum absolute atomic E-state index is 0.163. The number of pyridine rings is 1. The Kier molecular flexibility index (Phi) is 10.6. The Morgan fingerprint density at radius 1 is 1.09 bits per heavy atom. The first-order valence-corrected chi connectivity index (χ1v) is 15.4. The highest BCUT2D eigenvalue weighted by Crippen LogP contribution is 2.52. The zero-order valence-corrected chi connectivity index (χ0v) is 25.9. The average Bonchev–Trinajstić information content (AvgIpc) is 3.36. The minimum Gasteiger partial charge on any atom is -0.323 e. The number of fused-ring (bicyclic) bond motifs is 1. The average molecular weight is 602 g/mol. The zero-order chi connectivity index (χ0) is 31.0. The minimum atomic E-state index is -3.81. The molecule has 0 fully saturated rings. The van der Waals surface area contributed by atoms with E-state index in [-0.39, 0.29) is 19.1 Å². The fourth-order valence-electron chi connectivity index (χ4n) is 4.54. The fraction of sp³-hybridized carbons (Fsp3) is 0.281. The smallest absolute Gasteiger partial charge is 0.323 e. The van der Waals surface area contributed by atoms with Crippen molar-refractivity contribution < 1.29 is 22.9 Å². The molecule has 1 N–H and O–H groups in total. The molecule has 0 saturated carbocycles. The lowest BCUT2D eigenvalue weighted by molar-refractivity contribution is -0.111. The van der Waals surface area contributed by atoms with E-state index in [1.807, 2.05) is 73.7 Å². The highest BCUT2D eigenvalue weighted by atomic mass is 31.2. The van der Waals surface area contributed by atoms with Gasteiger partial charge in [-0.15, -0.1) is 0 Å². The first-order chi connectivity index (χ1) is 20.7. The van der Waals surface area contributed by atoms with Gasteiger partial charge in [0.25, 0.3) is 0 Å². The van der Waals surface area contributed by atoms with Gasteiger partial charge >= 0.3 is 7.82 Å². The van der Waals surface area contributed by atoms with Crippen molar-refractivity contribution in [2.24, 2.45) is 0 Å². The van der Waals surface area contributed by atoms with Gasteiger partial charge in [0.15, 0.2) is 0 Å². The second kappa shape index (κ2) is 14.4. The van der Waals surface area contributed by atoms with E-state index in [0.717, 1.165) is 27.6 Å². The van der Waals surface area contributed by atoms with Crippen molar-refractivity contribution in [3.8, 4) is 28.3 Å². The molecule has 224 valence electrons. The fourth-order valence-corrected chi connectivity index (χ4v) is 5.84. The molecule has 2 aromatic carbocycles. The van der Waals surface area contributed by atoms with Crippen molar-refractivity contribution in [3.05, 3.63) is 84.7 Å². The molecular formula is C32H36N5O5P. The number of benzene rings is 2. The van der Waals surface area contributed by atoms with Gasteiger partial charge in [-0.2, -0.15) is 5.26 Å². The van der Waals surface area contributed by atoms with E-state index < -0.39 is 14.1 Å². The number of hydrogen-bond acceptors (Lipinski definition) is 8. The molecule has 0 aliphatic carbocycles. The number of hydrogen-bond donors (Lipinski definition) is 1. The summed E-state index contributed by atoms with van der Waals surface area (Å²) in [4.78, 5) is 19.2. The summed E-state index contributed by atoms with van der Waals surface area (Å²) in [7, 11) is 0.0549. The van der Waals surface area contributed by atoms with Gasteiger partial charge < -0.3 is 14.8 Å². The molecule has 43 heavy (non-hydrogen) atoms. The normalized spacial score (nSPS) is 12.6. The molecule has 11 heteroatoms. The number of aromatic nitrogens is 2. The largest absolute Gasteiger partial charge is 0.476 e. The first kappa shape index (κ1) is 31.8. The Hall–Kier alpha value is -4.10. The van der Waals surface area contributed by atoms with Crippen LogP contribution in [0.5, 0.6) is 0 Å². The number of rotatable bonds is 13. The van der Waals surface area contributed by atoms with Crippen LogP contribution in [0.4, 0.5) is 5.69 Å². The molecule has 0 radical (unpaired) electrons. The van der Waals surface area contributed by atoms with Crippen molar-refractivity contribution in [2.45, 2.75) is 27.0 Å².